The van der Waals surface area contributed by atoms with Crippen molar-refractivity contribution in [1.29, 1.82) is 0 Å². The van der Waals surface area contributed by atoms with Gasteiger partial charge in [0, 0.05) is 0 Å². The number of nitrogens with two attached hydrogens (primary N) is 1. The lowest BCUT2D eigenvalue weighted by Gasteiger charge is -2.08. The van der Waals surface area contributed by atoms with Gasteiger partial charge in [0.2, 0.25) is 0 Å². The summed E-state index contributed by atoms with van der Waals surface area (Å²) in [6.45, 7) is 2.22. The zero-order valence-corrected chi connectivity index (χ0v) is 11.4. The maximum Gasteiger partial charge on any atom is 0.150 e. The molecule has 2 N–H and O–H groups in total. The third kappa shape index (κ3) is 4.02. The van der Waals surface area contributed by atoms with Crippen molar-refractivity contribution in [3.05, 3.63) is 54.1 Å². The first kappa shape index (κ1) is 13.5. The molecule has 0 bridgehead atoms. The lowest BCUT2D eigenvalue weighted by molar-refractivity contribution is 0.485. The molecule has 0 radical (unpaired) electrons. The van der Waals surface area contributed by atoms with Gasteiger partial charge in [0.05, 0.1) is 5.69 Å². The summed E-state index contributed by atoms with van der Waals surface area (Å²) in [7, 11) is 0. The molecule has 0 unspecified atom stereocenters. The van der Waals surface area contributed by atoms with Crippen molar-refractivity contribution >= 4 is 5.69 Å². The second-order valence-corrected chi connectivity index (χ2v) is 4.74. The number of anilines is 1. The van der Waals surface area contributed by atoms with Crippen LogP contribution in [0, 0.1) is 0 Å². The van der Waals surface area contributed by atoms with Crippen LogP contribution < -0.4 is 10.5 Å². The van der Waals surface area contributed by atoms with E-state index in [1.807, 2.05) is 36.4 Å². The second-order valence-electron chi connectivity index (χ2n) is 4.74. The van der Waals surface area contributed by atoms with E-state index < -0.39 is 0 Å². The first-order chi connectivity index (χ1) is 9.29. The van der Waals surface area contributed by atoms with Gasteiger partial charge in [0.15, 0.2) is 0 Å². The minimum atomic E-state index is 0.662. The Morgan fingerprint density at radius 3 is 2.37 bits per heavy atom. The smallest absolute Gasteiger partial charge is 0.150 e. The molecule has 2 aromatic rings. The number of rotatable bonds is 6. The molecule has 0 aliphatic rings. The molecule has 0 atom stereocenters. The molecule has 19 heavy (non-hydrogen) atoms. The number of ether oxygens (including phenoxy) is 1. The molecule has 100 valence electrons. The first-order valence-electron chi connectivity index (χ1n) is 6.91. The van der Waals surface area contributed by atoms with E-state index >= 15 is 0 Å². The lowest BCUT2D eigenvalue weighted by atomic mass is 10.1. The Morgan fingerprint density at radius 1 is 0.947 bits per heavy atom. The van der Waals surface area contributed by atoms with Crippen LogP contribution >= 0.6 is 0 Å². The molecule has 0 aromatic heterocycles. The molecule has 0 saturated heterocycles. The van der Waals surface area contributed by atoms with Gasteiger partial charge in [-0.25, -0.2) is 0 Å². The number of nitrogen functional groups attached to an aromatic ring is 1. The van der Waals surface area contributed by atoms with Crippen LogP contribution in [-0.4, -0.2) is 0 Å². The molecular weight excluding hydrogens is 234 g/mol. The van der Waals surface area contributed by atoms with Gasteiger partial charge in [0.25, 0.3) is 0 Å². The predicted molar refractivity (Wildman–Crippen MR) is 80.6 cm³/mol. The van der Waals surface area contributed by atoms with Gasteiger partial charge < -0.3 is 10.5 Å². The average molecular weight is 255 g/mol. The van der Waals surface area contributed by atoms with Crippen molar-refractivity contribution in [2.24, 2.45) is 0 Å². The summed E-state index contributed by atoms with van der Waals surface area (Å²) >= 11 is 0. The third-order valence-corrected chi connectivity index (χ3v) is 3.14. The van der Waals surface area contributed by atoms with E-state index in [0.717, 1.165) is 12.2 Å². The predicted octanol–water partition coefficient (Wildman–Crippen LogP) is 4.79. The van der Waals surface area contributed by atoms with Gasteiger partial charge in [0.1, 0.15) is 11.5 Å². The summed E-state index contributed by atoms with van der Waals surface area (Å²) in [5.41, 5.74) is 7.88. The highest BCUT2D eigenvalue weighted by Crippen LogP contribution is 2.27. The summed E-state index contributed by atoms with van der Waals surface area (Å²) in [5, 5.41) is 0. The van der Waals surface area contributed by atoms with Crippen molar-refractivity contribution < 1.29 is 4.74 Å². The maximum atomic E-state index is 5.85. The normalized spacial score (nSPS) is 10.4. The summed E-state index contributed by atoms with van der Waals surface area (Å²) in [5.74, 6) is 1.54. The molecule has 0 aliphatic carbocycles. The maximum absolute atomic E-state index is 5.85. The Hall–Kier alpha value is -1.96. The van der Waals surface area contributed by atoms with Gasteiger partial charge >= 0.3 is 0 Å². The van der Waals surface area contributed by atoms with E-state index in [9.17, 15) is 0 Å². The second kappa shape index (κ2) is 6.83. The fourth-order valence-corrected chi connectivity index (χ4v) is 2.00. The zero-order valence-electron chi connectivity index (χ0n) is 11.4. The molecule has 2 aromatic carbocycles. The number of aryl methyl sites for hydroxylation is 1. The summed E-state index contributed by atoms with van der Waals surface area (Å²) in [6.07, 6.45) is 4.94. The summed E-state index contributed by atoms with van der Waals surface area (Å²) in [4.78, 5) is 0. The molecule has 2 heteroatoms. The highest BCUT2D eigenvalue weighted by atomic mass is 16.5. The average Bonchev–Trinajstić information content (AvgIpc) is 2.44. The van der Waals surface area contributed by atoms with Crippen molar-refractivity contribution in [1.82, 2.24) is 0 Å². The minimum absolute atomic E-state index is 0.662. The van der Waals surface area contributed by atoms with E-state index in [1.165, 1.54) is 24.8 Å². The molecular formula is C17H21NO. The first-order valence-corrected chi connectivity index (χ1v) is 6.91. The number of para-hydroxylation sites is 2. The molecule has 2 nitrogen and oxygen atoms in total. The van der Waals surface area contributed by atoms with Crippen LogP contribution in [-0.2, 0) is 6.42 Å². The Morgan fingerprint density at radius 2 is 1.68 bits per heavy atom. The molecule has 0 aliphatic heterocycles. The molecule has 0 fully saturated rings. The Bertz CT molecular complexity index is 505. The van der Waals surface area contributed by atoms with Crippen LogP contribution in [0.4, 0.5) is 5.69 Å². The topological polar surface area (TPSA) is 35.2 Å². The highest BCUT2D eigenvalue weighted by Gasteiger charge is 2.01. The Labute approximate surface area is 115 Å². The Kier molecular flexibility index (Phi) is 4.85. The largest absolute Gasteiger partial charge is 0.455 e. The van der Waals surface area contributed by atoms with Gasteiger partial charge in [-0.3, -0.25) is 0 Å². The third-order valence-electron chi connectivity index (χ3n) is 3.14. The Balaban J connectivity index is 1.97. The van der Waals surface area contributed by atoms with Crippen molar-refractivity contribution in [3.8, 4) is 11.5 Å². The van der Waals surface area contributed by atoms with Gasteiger partial charge in [-0.05, 0) is 42.7 Å². The molecule has 0 heterocycles. The molecule has 0 spiro atoms. The standard InChI is InChI=1S/C17H21NO/c1-2-3-4-7-14-10-12-15(13-11-14)19-17-9-6-5-8-16(17)18/h5-6,8-13H,2-4,7,18H2,1H3. The quantitative estimate of drug-likeness (QED) is 0.594. The molecule has 0 amide bonds. The van der Waals surface area contributed by atoms with Crippen molar-refractivity contribution in [2.75, 3.05) is 5.73 Å². The fraction of sp³-hybridized carbons (Fsp3) is 0.294. The van der Waals surface area contributed by atoms with E-state index in [4.69, 9.17) is 10.5 Å². The van der Waals surface area contributed by atoms with Crippen LogP contribution in [0.5, 0.6) is 11.5 Å². The lowest BCUT2D eigenvalue weighted by Crippen LogP contribution is -1.92. The fourth-order valence-electron chi connectivity index (χ4n) is 2.00. The number of hydrogen-bond acceptors (Lipinski definition) is 2. The zero-order chi connectivity index (χ0) is 13.5. The van der Waals surface area contributed by atoms with Crippen LogP contribution in [0.2, 0.25) is 0 Å². The number of benzene rings is 2. The van der Waals surface area contributed by atoms with Crippen LogP contribution in [0.25, 0.3) is 0 Å². The van der Waals surface area contributed by atoms with Crippen LogP contribution in [0.3, 0.4) is 0 Å². The van der Waals surface area contributed by atoms with Gasteiger partial charge in [-0.2, -0.15) is 0 Å². The van der Waals surface area contributed by atoms with E-state index in [1.54, 1.807) is 0 Å². The van der Waals surface area contributed by atoms with E-state index in [0.29, 0.717) is 11.4 Å². The summed E-state index contributed by atoms with van der Waals surface area (Å²) < 4.78 is 5.76. The van der Waals surface area contributed by atoms with Crippen LogP contribution in [0.1, 0.15) is 31.7 Å². The van der Waals surface area contributed by atoms with E-state index in [2.05, 4.69) is 19.1 Å². The van der Waals surface area contributed by atoms with Gasteiger partial charge in [-0.1, -0.05) is 44.0 Å². The van der Waals surface area contributed by atoms with Crippen molar-refractivity contribution in [3.63, 3.8) is 0 Å². The molecule has 2 rings (SSSR count). The molecule has 0 saturated carbocycles. The SMILES string of the molecule is CCCCCc1ccc(Oc2ccccc2N)cc1. The van der Waals surface area contributed by atoms with Crippen molar-refractivity contribution in [2.45, 2.75) is 32.6 Å². The van der Waals surface area contributed by atoms with E-state index in [-0.39, 0.29) is 0 Å². The number of unbranched alkanes of at least 4 members (excludes halogenated alkanes) is 2. The minimum Gasteiger partial charge on any atom is -0.455 e. The monoisotopic (exact) mass is 255 g/mol. The number of hydrogen-bond donors (Lipinski definition) is 1. The highest BCUT2D eigenvalue weighted by molar-refractivity contribution is 5.53. The summed E-state index contributed by atoms with van der Waals surface area (Å²) in [6, 6.07) is 15.8. The van der Waals surface area contributed by atoms with Gasteiger partial charge in [-0.15, -0.1) is 0 Å². The van der Waals surface area contributed by atoms with Crippen LogP contribution in [0.15, 0.2) is 48.5 Å².